The molecule has 2 atom stereocenters. The predicted octanol–water partition coefficient (Wildman–Crippen LogP) is -0.641. The first kappa shape index (κ1) is 12.6. The van der Waals surface area contributed by atoms with Gasteiger partial charge in [0.15, 0.2) is 18.9 Å². The number of nitrogens with zero attached hydrogens (tertiary/aromatic N) is 2. The lowest BCUT2D eigenvalue weighted by Gasteiger charge is -2.31. The topological polar surface area (TPSA) is 117 Å². The van der Waals surface area contributed by atoms with E-state index in [0.29, 0.717) is 12.4 Å². The highest BCUT2D eigenvalue weighted by Crippen LogP contribution is 2.40. The number of nitrogen functional groups attached to an aromatic ring is 1. The zero-order valence-corrected chi connectivity index (χ0v) is 10.9. The van der Waals surface area contributed by atoms with Crippen molar-refractivity contribution in [2.24, 2.45) is 0 Å². The number of rotatable bonds is 2. The lowest BCUT2D eigenvalue weighted by molar-refractivity contribution is -0.679. The molecule has 2 aromatic heterocycles. The number of aromatic nitrogens is 3. The van der Waals surface area contributed by atoms with Gasteiger partial charge in [0, 0.05) is 12.3 Å². The molecule has 0 aliphatic carbocycles. The molecule has 0 bridgehead atoms. The Hall–Kier alpha value is -1.47. The summed E-state index contributed by atoms with van der Waals surface area (Å²) in [7, 11) is -3.79. The van der Waals surface area contributed by atoms with Crippen molar-refractivity contribution in [3.05, 3.63) is 18.6 Å². The summed E-state index contributed by atoms with van der Waals surface area (Å²) in [6.07, 6.45) is 2.67. The van der Waals surface area contributed by atoms with E-state index in [-0.39, 0.29) is 19.1 Å². The summed E-state index contributed by atoms with van der Waals surface area (Å²) in [5.41, 5.74) is 7.37. The second kappa shape index (κ2) is 4.57. The fraction of sp³-hybridized carbons (Fsp3) is 0.400. The maximum absolute atomic E-state index is 11.1. The van der Waals surface area contributed by atoms with Gasteiger partial charge in [0.2, 0.25) is 11.8 Å². The molecule has 0 amide bonds. The summed E-state index contributed by atoms with van der Waals surface area (Å²) in [6.45, 7) is 0.504. The van der Waals surface area contributed by atoms with Crippen LogP contribution in [-0.4, -0.2) is 29.0 Å². The van der Waals surface area contributed by atoms with Crippen molar-refractivity contribution in [3.8, 4) is 0 Å². The van der Waals surface area contributed by atoms with Crippen LogP contribution in [-0.2, 0) is 20.4 Å². The lowest BCUT2D eigenvalue weighted by atomic mass is 10.3. The quantitative estimate of drug-likeness (QED) is 0.559. The molecule has 3 N–H and O–H groups in total. The highest BCUT2D eigenvalue weighted by molar-refractivity contribution is 7.51. The van der Waals surface area contributed by atoms with Gasteiger partial charge >= 0.3 is 0 Å². The molecular formula is C10H13N4O4P. The number of fused-ring (bicyclic) bond motifs is 1. The van der Waals surface area contributed by atoms with Crippen molar-refractivity contribution in [2.45, 2.75) is 12.6 Å². The van der Waals surface area contributed by atoms with Crippen molar-refractivity contribution >= 4 is 24.4 Å². The number of hydrogen-bond donors (Lipinski definition) is 2. The van der Waals surface area contributed by atoms with Crippen LogP contribution in [0, 0.1) is 0 Å². The monoisotopic (exact) mass is 284 g/mol. The Morgan fingerprint density at radius 1 is 1.68 bits per heavy atom. The van der Waals surface area contributed by atoms with E-state index in [1.54, 1.807) is 12.5 Å². The zero-order chi connectivity index (χ0) is 13.5. The molecule has 1 aliphatic rings. The van der Waals surface area contributed by atoms with Crippen molar-refractivity contribution in [2.75, 3.05) is 18.7 Å². The molecule has 19 heavy (non-hydrogen) atoms. The van der Waals surface area contributed by atoms with Crippen LogP contribution in [0.3, 0.4) is 0 Å². The van der Waals surface area contributed by atoms with Gasteiger partial charge in [-0.3, -0.25) is 0 Å². The summed E-state index contributed by atoms with van der Waals surface area (Å²) in [6, 6.07) is 1.82. The Kier molecular flexibility index (Phi) is 3.02. The van der Waals surface area contributed by atoms with E-state index >= 15 is 0 Å². The number of nitrogens with two attached hydrogens (primary N) is 1. The molecule has 3 heterocycles. The third-order valence-corrected chi connectivity index (χ3v) is 3.97. The number of hydrogen-bond acceptors (Lipinski definition) is 6. The third-order valence-electron chi connectivity index (χ3n) is 2.96. The molecule has 0 aromatic carbocycles. The van der Waals surface area contributed by atoms with E-state index in [9.17, 15) is 9.46 Å². The number of pyridine rings is 1. The van der Waals surface area contributed by atoms with Crippen LogP contribution in [0.15, 0.2) is 18.6 Å². The fourth-order valence-electron chi connectivity index (χ4n) is 2.02. The van der Waals surface area contributed by atoms with Gasteiger partial charge in [-0.1, -0.05) is 0 Å². The van der Waals surface area contributed by atoms with Crippen LogP contribution < -0.4 is 15.2 Å². The van der Waals surface area contributed by atoms with Gasteiger partial charge in [0.05, 0.1) is 6.61 Å². The summed E-state index contributed by atoms with van der Waals surface area (Å²) in [5.74, 6) is 0.418. The molecule has 102 valence electrons. The molecule has 0 spiro atoms. The second-order valence-electron chi connectivity index (χ2n) is 4.34. The average Bonchev–Trinajstić information content (AvgIpc) is 2.77. The number of H-pyrrole nitrogens is 1. The molecule has 1 saturated heterocycles. The zero-order valence-electron chi connectivity index (χ0n) is 9.98. The minimum absolute atomic E-state index is 0.0288. The van der Waals surface area contributed by atoms with Gasteiger partial charge in [-0.15, -0.1) is 0 Å². The highest BCUT2D eigenvalue weighted by Gasteiger charge is 2.26. The Balaban J connectivity index is 1.79. The molecule has 9 heteroatoms. The summed E-state index contributed by atoms with van der Waals surface area (Å²) >= 11 is 0. The summed E-state index contributed by atoms with van der Waals surface area (Å²) in [5, 5.41) is 0. The van der Waals surface area contributed by atoms with E-state index < -0.39 is 7.60 Å². The molecule has 1 aliphatic heterocycles. The smallest absolute Gasteiger partial charge is 0.242 e. The van der Waals surface area contributed by atoms with Gasteiger partial charge in [-0.25, -0.2) is 14.5 Å². The number of anilines is 1. The van der Waals surface area contributed by atoms with Gasteiger partial charge in [0.25, 0.3) is 0 Å². The van der Waals surface area contributed by atoms with E-state index in [0.717, 1.165) is 11.0 Å². The van der Waals surface area contributed by atoms with E-state index in [2.05, 4.69) is 9.97 Å². The molecule has 8 nitrogen and oxygen atoms in total. The second-order valence-corrected chi connectivity index (χ2v) is 6.08. The molecule has 0 saturated carbocycles. The number of ether oxygens (including phenoxy) is 1. The van der Waals surface area contributed by atoms with Crippen LogP contribution in [0.25, 0.3) is 11.0 Å². The first-order valence-corrected chi connectivity index (χ1v) is 7.45. The van der Waals surface area contributed by atoms with Gasteiger partial charge in [-0.2, -0.15) is 0 Å². The van der Waals surface area contributed by atoms with Crippen molar-refractivity contribution < 1.29 is 23.3 Å². The highest BCUT2D eigenvalue weighted by atomic mass is 31.2. The van der Waals surface area contributed by atoms with Crippen molar-refractivity contribution in [1.82, 2.24) is 9.97 Å². The Bertz CT molecular complexity index is 646. The van der Waals surface area contributed by atoms with Gasteiger partial charge in [-0.05, 0) is 0 Å². The number of imidazole rings is 1. The SMILES string of the molecule is Nc1nccc2c1[nH]c[n+]2CC1COP(=O)([O-])CO1. The van der Waals surface area contributed by atoms with Crippen molar-refractivity contribution in [3.63, 3.8) is 0 Å². The molecule has 1 fully saturated rings. The third kappa shape index (κ3) is 2.48. The van der Waals surface area contributed by atoms with Crippen molar-refractivity contribution in [1.29, 1.82) is 0 Å². The maximum Gasteiger partial charge on any atom is 0.242 e. The lowest BCUT2D eigenvalue weighted by Crippen LogP contribution is -2.43. The summed E-state index contributed by atoms with van der Waals surface area (Å²) in [4.78, 5) is 18.1. The Morgan fingerprint density at radius 3 is 3.26 bits per heavy atom. The van der Waals surface area contributed by atoms with Gasteiger partial charge < -0.3 is 24.5 Å². The molecule has 3 rings (SSSR count). The Labute approximate surface area is 108 Å². The van der Waals surface area contributed by atoms with Gasteiger partial charge in [0.1, 0.15) is 19.0 Å². The van der Waals surface area contributed by atoms with E-state index in [1.807, 2.05) is 10.6 Å². The first-order chi connectivity index (χ1) is 9.05. The average molecular weight is 284 g/mol. The largest absolute Gasteiger partial charge is 0.777 e. The summed E-state index contributed by atoms with van der Waals surface area (Å²) < 4.78 is 23.0. The van der Waals surface area contributed by atoms with Crippen LogP contribution in [0.1, 0.15) is 0 Å². The van der Waals surface area contributed by atoms with Crippen LogP contribution in [0.4, 0.5) is 5.82 Å². The molecule has 2 aromatic rings. The normalized spacial score (nSPS) is 27.7. The van der Waals surface area contributed by atoms with E-state index in [4.69, 9.17) is 15.0 Å². The maximum atomic E-state index is 11.1. The predicted molar refractivity (Wildman–Crippen MR) is 64.0 cm³/mol. The molecule has 0 radical (unpaired) electrons. The number of nitrogens with one attached hydrogen (secondary N) is 1. The standard InChI is InChI=1S/C10H13N4O4P/c11-10-9-8(1-2-12-10)14(5-13-9)3-7-4-18-19(15,16)6-17-7/h1-2,5,7H,3-4,6H2,(H3,11,12,15,16). The molecule has 2 unspecified atom stereocenters. The molecular weight excluding hydrogens is 271 g/mol. The Morgan fingerprint density at radius 2 is 2.53 bits per heavy atom. The van der Waals surface area contributed by atoms with Crippen LogP contribution in [0.5, 0.6) is 0 Å². The number of aromatic amines is 1. The van der Waals surface area contributed by atoms with E-state index in [1.165, 1.54) is 0 Å². The first-order valence-electron chi connectivity index (χ1n) is 5.72. The fourth-order valence-corrected chi connectivity index (χ4v) is 2.88. The van der Waals surface area contributed by atoms with Crippen LogP contribution >= 0.6 is 7.60 Å². The minimum Gasteiger partial charge on any atom is -0.777 e. The minimum atomic E-state index is -3.79. The van der Waals surface area contributed by atoms with Crippen LogP contribution in [0.2, 0.25) is 0 Å².